The first-order valence-corrected chi connectivity index (χ1v) is 7.60. The summed E-state index contributed by atoms with van der Waals surface area (Å²) in [5.74, 6) is -0.0453. The van der Waals surface area contributed by atoms with Crippen LogP contribution in [0.4, 0.5) is 5.69 Å². The first-order chi connectivity index (χ1) is 10.6. The Balaban J connectivity index is 1.79. The van der Waals surface area contributed by atoms with Crippen LogP contribution in [0, 0.1) is 13.8 Å². The summed E-state index contributed by atoms with van der Waals surface area (Å²) in [6.45, 7) is 5.25. The fraction of sp³-hybridized carbons (Fsp3) is 0.294. The van der Waals surface area contributed by atoms with E-state index in [0.29, 0.717) is 23.7 Å². The Morgan fingerprint density at radius 1 is 1.23 bits per heavy atom. The third-order valence-corrected chi connectivity index (χ3v) is 3.60. The van der Waals surface area contributed by atoms with Gasteiger partial charge in [-0.3, -0.25) is 9.78 Å². The molecule has 5 heteroatoms. The maximum Gasteiger partial charge on any atom is 0.225 e. The molecule has 0 bridgehead atoms. The standard InChI is InChI=1S/C17H20ClN3O/c1-12-9-13(2)17(15(18)10-12)21-16(22)5-8-20-11-14-3-6-19-7-4-14/h3-4,6-7,9-10,20H,5,8,11H2,1-2H3,(H,21,22). The lowest BCUT2D eigenvalue weighted by atomic mass is 10.1. The van der Waals surface area contributed by atoms with Crippen molar-refractivity contribution in [2.45, 2.75) is 26.8 Å². The molecular weight excluding hydrogens is 298 g/mol. The lowest BCUT2D eigenvalue weighted by Crippen LogP contribution is -2.22. The summed E-state index contributed by atoms with van der Waals surface area (Å²) in [4.78, 5) is 16.0. The van der Waals surface area contributed by atoms with Gasteiger partial charge in [0.15, 0.2) is 0 Å². The van der Waals surface area contributed by atoms with Gasteiger partial charge in [0.05, 0.1) is 10.7 Å². The topological polar surface area (TPSA) is 54.0 Å². The highest BCUT2D eigenvalue weighted by Gasteiger charge is 2.09. The van der Waals surface area contributed by atoms with Gasteiger partial charge >= 0.3 is 0 Å². The van der Waals surface area contributed by atoms with E-state index >= 15 is 0 Å². The minimum absolute atomic E-state index is 0.0453. The van der Waals surface area contributed by atoms with Crippen LogP contribution >= 0.6 is 11.6 Å². The molecule has 22 heavy (non-hydrogen) atoms. The van der Waals surface area contributed by atoms with Crippen LogP contribution in [0.25, 0.3) is 0 Å². The molecule has 0 aliphatic rings. The molecule has 0 unspecified atom stereocenters. The number of carbonyl (C=O) groups is 1. The van der Waals surface area contributed by atoms with Crippen LogP contribution in [0.2, 0.25) is 5.02 Å². The van der Waals surface area contributed by atoms with E-state index in [1.54, 1.807) is 12.4 Å². The number of carbonyl (C=O) groups excluding carboxylic acids is 1. The van der Waals surface area contributed by atoms with Crippen LogP contribution in [0.3, 0.4) is 0 Å². The smallest absolute Gasteiger partial charge is 0.225 e. The molecule has 4 nitrogen and oxygen atoms in total. The Bertz CT molecular complexity index is 621. The highest BCUT2D eigenvalue weighted by Crippen LogP contribution is 2.27. The van der Waals surface area contributed by atoms with Gasteiger partial charge in [0.2, 0.25) is 5.91 Å². The second-order valence-corrected chi connectivity index (χ2v) is 5.68. The summed E-state index contributed by atoms with van der Waals surface area (Å²) >= 11 is 6.18. The third kappa shape index (κ3) is 4.83. The minimum atomic E-state index is -0.0453. The lowest BCUT2D eigenvalue weighted by Gasteiger charge is -2.12. The Hall–Kier alpha value is -1.91. The minimum Gasteiger partial charge on any atom is -0.325 e. The van der Waals surface area contributed by atoms with Crippen molar-refractivity contribution in [1.29, 1.82) is 0 Å². The highest BCUT2D eigenvalue weighted by atomic mass is 35.5. The molecule has 2 N–H and O–H groups in total. The summed E-state index contributed by atoms with van der Waals surface area (Å²) in [5.41, 5.74) is 3.90. The van der Waals surface area contributed by atoms with Gasteiger partial charge in [0.25, 0.3) is 0 Å². The molecule has 0 aliphatic carbocycles. The fourth-order valence-corrected chi connectivity index (χ4v) is 2.58. The summed E-state index contributed by atoms with van der Waals surface area (Å²) < 4.78 is 0. The van der Waals surface area contributed by atoms with Crippen molar-refractivity contribution in [3.8, 4) is 0 Å². The molecule has 116 valence electrons. The number of benzene rings is 1. The Labute approximate surface area is 135 Å². The van der Waals surface area contributed by atoms with Gasteiger partial charge in [-0.2, -0.15) is 0 Å². The third-order valence-electron chi connectivity index (χ3n) is 3.30. The molecule has 1 aromatic heterocycles. The van der Waals surface area contributed by atoms with E-state index in [1.807, 2.05) is 38.1 Å². The number of hydrogen-bond donors (Lipinski definition) is 2. The van der Waals surface area contributed by atoms with Gasteiger partial charge < -0.3 is 10.6 Å². The molecule has 2 rings (SSSR count). The predicted octanol–water partition coefficient (Wildman–Crippen LogP) is 3.47. The Kier molecular flexibility index (Phi) is 5.92. The average molecular weight is 318 g/mol. The molecular formula is C17H20ClN3O. The molecule has 0 aliphatic heterocycles. The molecule has 1 heterocycles. The summed E-state index contributed by atoms with van der Waals surface area (Å²) in [6, 6.07) is 7.75. The van der Waals surface area contributed by atoms with E-state index in [-0.39, 0.29) is 5.91 Å². The second kappa shape index (κ2) is 7.92. The zero-order chi connectivity index (χ0) is 15.9. The molecule has 0 atom stereocenters. The van der Waals surface area contributed by atoms with Crippen LogP contribution in [-0.4, -0.2) is 17.4 Å². The number of anilines is 1. The average Bonchev–Trinajstić information content (AvgIpc) is 2.48. The van der Waals surface area contributed by atoms with Crippen LogP contribution < -0.4 is 10.6 Å². The van der Waals surface area contributed by atoms with Crippen molar-refractivity contribution in [3.63, 3.8) is 0 Å². The number of nitrogens with one attached hydrogen (secondary N) is 2. The monoisotopic (exact) mass is 317 g/mol. The highest BCUT2D eigenvalue weighted by molar-refractivity contribution is 6.34. The first-order valence-electron chi connectivity index (χ1n) is 7.22. The van der Waals surface area contributed by atoms with Crippen LogP contribution in [0.1, 0.15) is 23.1 Å². The van der Waals surface area contributed by atoms with E-state index in [2.05, 4.69) is 15.6 Å². The molecule has 0 spiro atoms. The van der Waals surface area contributed by atoms with E-state index in [0.717, 1.165) is 23.2 Å². The van der Waals surface area contributed by atoms with Gasteiger partial charge in [-0.15, -0.1) is 0 Å². The first kappa shape index (κ1) is 16.5. The lowest BCUT2D eigenvalue weighted by molar-refractivity contribution is -0.116. The van der Waals surface area contributed by atoms with E-state index in [1.165, 1.54) is 0 Å². The molecule has 0 saturated carbocycles. The van der Waals surface area contributed by atoms with Crippen molar-refractivity contribution < 1.29 is 4.79 Å². The Morgan fingerprint density at radius 3 is 2.64 bits per heavy atom. The van der Waals surface area contributed by atoms with E-state index in [4.69, 9.17) is 11.6 Å². The number of hydrogen-bond acceptors (Lipinski definition) is 3. The number of halogens is 1. The molecule has 1 aromatic carbocycles. The normalized spacial score (nSPS) is 10.5. The number of aryl methyl sites for hydroxylation is 2. The van der Waals surface area contributed by atoms with Gasteiger partial charge in [-0.1, -0.05) is 17.7 Å². The second-order valence-electron chi connectivity index (χ2n) is 5.27. The fourth-order valence-electron chi connectivity index (χ4n) is 2.21. The van der Waals surface area contributed by atoms with Crippen molar-refractivity contribution in [2.75, 3.05) is 11.9 Å². The predicted molar refractivity (Wildman–Crippen MR) is 90.1 cm³/mol. The van der Waals surface area contributed by atoms with Crippen molar-refractivity contribution >= 4 is 23.2 Å². The number of nitrogens with zero attached hydrogens (tertiary/aromatic N) is 1. The number of aromatic nitrogens is 1. The number of pyridine rings is 1. The zero-order valence-corrected chi connectivity index (χ0v) is 13.6. The largest absolute Gasteiger partial charge is 0.325 e. The molecule has 2 aromatic rings. The summed E-state index contributed by atoms with van der Waals surface area (Å²) in [5, 5.41) is 6.70. The maximum absolute atomic E-state index is 12.0. The number of amides is 1. The van der Waals surface area contributed by atoms with Crippen LogP contribution in [0.5, 0.6) is 0 Å². The summed E-state index contributed by atoms with van der Waals surface area (Å²) in [6.07, 6.45) is 3.91. The van der Waals surface area contributed by atoms with E-state index < -0.39 is 0 Å². The molecule has 0 radical (unpaired) electrons. The van der Waals surface area contributed by atoms with Crippen molar-refractivity contribution in [3.05, 3.63) is 58.4 Å². The maximum atomic E-state index is 12.0. The van der Waals surface area contributed by atoms with Gasteiger partial charge in [-0.05, 0) is 48.7 Å². The molecule has 0 saturated heterocycles. The van der Waals surface area contributed by atoms with Gasteiger partial charge in [0.1, 0.15) is 0 Å². The van der Waals surface area contributed by atoms with Crippen molar-refractivity contribution in [2.24, 2.45) is 0 Å². The SMILES string of the molecule is Cc1cc(C)c(NC(=O)CCNCc2ccncc2)c(Cl)c1. The Morgan fingerprint density at radius 2 is 1.95 bits per heavy atom. The molecule has 1 amide bonds. The number of rotatable bonds is 6. The molecule has 0 fully saturated rings. The van der Waals surface area contributed by atoms with Crippen LogP contribution in [0.15, 0.2) is 36.7 Å². The van der Waals surface area contributed by atoms with E-state index in [9.17, 15) is 4.79 Å². The summed E-state index contributed by atoms with van der Waals surface area (Å²) in [7, 11) is 0. The van der Waals surface area contributed by atoms with Crippen molar-refractivity contribution in [1.82, 2.24) is 10.3 Å². The van der Waals surface area contributed by atoms with Crippen LogP contribution in [-0.2, 0) is 11.3 Å². The zero-order valence-electron chi connectivity index (χ0n) is 12.8. The quantitative estimate of drug-likeness (QED) is 0.802. The van der Waals surface area contributed by atoms with Gasteiger partial charge in [-0.25, -0.2) is 0 Å². The van der Waals surface area contributed by atoms with Gasteiger partial charge in [0, 0.05) is 31.9 Å².